The van der Waals surface area contributed by atoms with Crippen LogP contribution in [0.1, 0.15) is 55.5 Å². The number of carboxylic acid groups (broad SMARTS) is 1. The molecule has 0 aliphatic carbocycles. The predicted octanol–water partition coefficient (Wildman–Crippen LogP) is 3.90. The maximum Gasteiger partial charge on any atom is 0.318 e. The van der Waals surface area contributed by atoms with Crippen molar-refractivity contribution in [3.63, 3.8) is 0 Å². The zero-order valence-electron chi connectivity index (χ0n) is 19.7. The fraction of sp³-hybridized carbons (Fsp3) is 0.480. The summed E-state index contributed by atoms with van der Waals surface area (Å²) < 4.78 is 10.8. The molecule has 3 heterocycles. The second kappa shape index (κ2) is 11.4. The molecular formula is C25H31N3O6S. The minimum atomic E-state index is -1.02. The Morgan fingerprint density at radius 1 is 1.29 bits per heavy atom. The second-order valence-corrected chi connectivity index (χ2v) is 9.85. The third-order valence-electron chi connectivity index (χ3n) is 6.45. The molecule has 9 nitrogen and oxygen atoms in total. The lowest BCUT2D eigenvalue weighted by molar-refractivity contribution is -0.138. The van der Waals surface area contributed by atoms with Gasteiger partial charge in [0.2, 0.25) is 12.7 Å². The Labute approximate surface area is 208 Å². The molecule has 3 N–H and O–H groups in total. The zero-order chi connectivity index (χ0) is 24.8. The third kappa shape index (κ3) is 6.05. The van der Waals surface area contributed by atoms with Crippen molar-refractivity contribution in [1.29, 1.82) is 0 Å². The molecule has 2 aliphatic heterocycles. The highest BCUT2D eigenvalue weighted by molar-refractivity contribution is 7.09. The number of carbonyl (C=O) groups excluding carboxylic acids is 2. The van der Waals surface area contributed by atoms with E-state index in [0.717, 1.165) is 17.7 Å². The van der Waals surface area contributed by atoms with Crippen molar-refractivity contribution >= 4 is 29.2 Å². The van der Waals surface area contributed by atoms with Crippen molar-refractivity contribution in [2.75, 3.05) is 13.3 Å². The molecule has 1 aromatic carbocycles. The number of aliphatic carboxylic acids is 1. The molecule has 10 heteroatoms. The van der Waals surface area contributed by atoms with E-state index in [1.807, 2.05) is 17.5 Å². The number of nitrogens with zero attached hydrogens (tertiary/aromatic N) is 1. The van der Waals surface area contributed by atoms with Crippen molar-refractivity contribution in [2.45, 2.75) is 57.7 Å². The molecule has 35 heavy (non-hydrogen) atoms. The number of thiophene rings is 1. The van der Waals surface area contributed by atoms with Crippen LogP contribution in [0.25, 0.3) is 0 Å². The minimum Gasteiger partial charge on any atom is -0.481 e. The summed E-state index contributed by atoms with van der Waals surface area (Å²) in [5.41, 5.74) is 0.635. The van der Waals surface area contributed by atoms with Crippen molar-refractivity contribution in [3.05, 3.63) is 46.2 Å². The van der Waals surface area contributed by atoms with E-state index in [4.69, 9.17) is 9.47 Å². The Bertz CT molecular complexity index is 1040. The Morgan fingerprint density at radius 2 is 2.11 bits per heavy atom. The quantitative estimate of drug-likeness (QED) is 0.430. The predicted molar refractivity (Wildman–Crippen MR) is 130 cm³/mol. The number of hydrogen-bond donors (Lipinski definition) is 3. The van der Waals surface area contributed by atoms with Crippen molar-refractivity contribution < 1.29 is 29.0 Å². The van der Waals surface area contributed by atoms with E-state index in [-0.39, 0.29) is 31.2 Å². The standard InChI is InChI=1S/C25H31N3O6S/c1-2-3-6-18(20-9-10-26-25(32)28(20)14-17-5-4-11-35-17)24(31)27-19(13-23(29)30)16-7-8-21-22(12-16)34-15-33-21/h4-5,7-8,11-12,18-20H,2-3,6,9-10,13-15H2,1H3,(H,26,32)(H,27,31)(H,29,30)/t18-,19-,20?/m0/s1. The molecule has 4 rings (SSSR count). The highest BCUT2D eigenvalue weighted by Gasteiger charge is 2.38. The molecule has 1 saturated heterocycles. The summed E-state index contributed by atoms with van der Waals surface area (Å²) in [7, 11) is 0. The largest absolute Gasteiger partial charge is 0.481 e. The topological polar surface area (TPSA) is 117 Å². The Hall–Kier alpha value is -3.27. The number of carboxylic acids is 1. The van der Waals surface area contributed by atoms with Crippen LogP contribution in [0.4, 0.5) is 4.79 Å². The molecule has 0 radical (unpaired) electrons. The third-order valence-corrected chi connectivity index (χ3v) is 7.31. The summed E-state index contributed by atoms with van der Waals surface area (Å²) in [6.07, 6.45) is 2.73. The van der Waals surface area contributed by atoms with E-state index in [9.17, 15) is 19.5 Å². The summed E-state index contributed by atoms with van der Waals surface area (Å²) >= 11 is 1.57. The van der Waals surface area contributed by atoms with Gasteiger partial charge in [0, 0.05) is 17.5 Å². The first-order chi connectivity index (χ1) is 17.0. The molecular weight excluding hydrogens is 470 g/mol. The number of nitrogens with one attached hydrogen (secondary N) is 2. The van der Waals surface area contributed by atoms with Crippen LogP contribution in [-0.4, -0.2) is 47.3 Å². The van der Waals surface area contributed by atoms with Gasteiger partial charge >= 0.3 is 12.0 Å². The lowest BCUT2D eigenvalue weighted by Crippen LogP contribution is -2.57. The van der Waals surface area contributed by atoms with Gasteiger partial charge in [-0.2, -0.15) is 0 Å². The number of hydrogen-bond acceptors (Lipinski definition) is 6. The van der Waals surface area contributed by atoms with E-state index in [0.29, 0.717) is 43.0 Å². The Morgan fingerprint density at radius 3 is 2.86 bits per heavy atom. The smallest absolute Gasteiger partial charge is 0.318 e. The summed E-state index contributed by atoms with van der Waals surface area (Å²) in [4.78, 5) is 40.9. The van der Waals surface area contributed by atoms with Crippen LogP contribution in [0, 0.1) is 5.92 Å². The van der Waals surface area contributed by atoms with Crippen LogP contribution >= 0.6 is 11.3 Å². The van der Waals surface area contributed by atoms with Gasteiger partial charge in [-0.1, -0.05) is 31.9 Å². The highest BCUT2D eigenvalue weighted by atomic mass is 32.1. The van der Waals surface area contributed by atoms with Crippen LogP contribution in [0.5, 0.6) is 11.5 Å². The van der Waals surface area contributed by atoms with E-state index in [2.05, 4.69) is 17.6 Å². The molecule has 0 bridgehead atoms. The van der Waals surface area contributed by atoms with Gasteiger partial charge in [0.15, 0.2) is 11.5 Å². The van der Waals surface area contributed by atoms with Gasteiger partial charge in [-0.05, 0) is 42.0 Å². The number of fused-ring (bicyclic) bond motifs is 1. The van der Waals surface area contributed by atoms with Crippen LogP contribution in [0.3, 0.4) is 0 Å². The molecule has 1 unspecified atom stereocenters. The zero-order valence-corrected chi connectivity index (χ0v) is 20.5. The van der Waals surface area contributed by atoms with E-state index >= 15 is 0 Å². The SMILES string of the molecule is CCCC[C@H](C(=O)N[C@@H](CC(=O)O)c1ccc2c(c1)OCO2)C1CCNC(=O)N1Cc1cccs1. The molecule has 1 fully saturated rings. The maximum atomic E-state index is 13.7. The Balaban J connectivity index is 1.57. The van der Waals surface area contributed by atoms with Crippen LogP contribution in [0.15, 0.2) is 35.7 Å². The van der Waals surface area contributed by atoms with Gasteiger partial charge in [0.1, 0.15) is 0 Å². The van der Waals surface area contributed by atoms with Crippen molar-refractivity contribution in [3.8, 4) is 11.5 Å². The maximum absolute atomic E-state index is 13.7. The first-order valence-corrected chi connectivity index (χ1v) is 12.8. The number of carbonyl (C=O) groups is 3. The van der Waals surface area contributed by atoms with Gasteiger partial charge in [0.25, 0.3) is 0 Å². The van der Waals surface area contributed by atoms with Gasteiger partial charge in [-0.3, -0.25) is 9.59 Å². The number of benzene rings is 1. The van der Waals surface area contributed by atoms with E-state index in [1.165, 1.54) is 0 Å². The lowest BCUT2D eigenvalue weighted by Gasteiger charge is -2.40. The average molecular weight is 502 g/mol. The fourth-order valence-corrected chi connectivity index (χ4v) is 5.37. The van der Waals surface area contributed by atoms with Gasteiger partial charge < -0.3 is 30.1 Å². The van der Waals surface area contributed by atoms with Crippen LogP contribution < -0.4 is 20.1 Å². The summed E-state index contributed by atoms with van der Waals surface area (Å²) in [5, 5.41) is 17.4. The second-order valence-electron chi connectivity index (χ2n) is 8.82. The molecule has 1 aromatic heterocycles. The normalized spacial score (nSPS) is 18.6. The number of amides is 3. The molecule has 0 saturated carbocycles. The molecule has 3 atom stereocenters. The van der Waals surface area contributed by atoms with Gasteiger partial charge in [-0.25, -0.2) is 4.79 Å². The monoisotopic (exact) mass is 501 g/mol. The number of unbranched alkanes of at least 4 members (excludes halogenated alkanes) is 1. The average Bonchev–Trinajstić information content (AvgIpc) is 3.52. The molecule has 2 aliphatic rings. The number of rotatable bonds is 11. The first-order valence-electron chi connectivity index (χ1n) is 11.9. The highest BCUT2D eigenvalue weighted by Crippen LogP contribution is 2.35. The summed E-state index contributed by atoms with van der Waals surface area (Å²) in [6, 6.07) is 7.92. The number of ether oxygens (including phenoxy) is 2. The molecule has 0 spiro atoms. The molecule has 2 aromatic rings. The minimum absolute atomic E-state index is 0.109. The number of urea groups is 1. The fourth-order valence-electron chi connectivity index (χ4n) is 4.67. The van der Waals surface area contributed by atoms with Crippen molar-refractivity contribution in [2.24, 2.45) is 5.92 Å². The summed E-state index contributed by atoms with van der Waals surface area (Å²) in [5.74, 6) is -0.591. The lowest BCUT2D eigenvalue weighted by atomic mass is 9.87. The van der Waals surface area contributed by atoms with E-state index in [1.54, 1.807) is 34.4 Å². The summed E-state index contributed by atoms with van der Waals surface area (Å²) in [6.45, 7) is 3.11. The van der Waals surface area contributed by atoms with Gasteiger partial charge in [0.05, 0.1) is 24.9 Å². The van der Waals surface area contributed by atoms with Crippen molar-refractivity contribution in [1.82, 2.24) is 15.5 Å². The first kappa shape index (κ1) is 24.8. The molecule has 188 valence electrons. The Kier molecular flexibility index (Phi) is 8.12. The van der Waals surface area contributed by atoms with E-state index < -0.39 is 17.9 Å². The van der Waals surface area contributed by atoms with Gasteiger partial charge in [-0.15, -0.1) is 11.3 Å². The molecule has 3 amide bonds. The van der Waals surface area contributed by atoms with Crippen LogP contribution in [-0.2, 0) is 16.1 Å². The van der Waals surface area contributed by atoms with Crippen LogP contribution in [0.2, 0.25) is 0 Å².